The molecule has 0 aliphatic rings. The van der Waals surface area contributed by atoms with Gasteiger partial charge in [0.1, 0.15) is 5.82 Å². The number of benzene rings is 2. The molecule has 0 saturated carbocycles. The maximum atomic E-state index is 13.3. The van der Waals surface area contributed by atoms with Gasteiger partial charge in [0, 0.05) is 4.47 Å². The summed E-state index contributed by atoms with van der Waals surface area (Å²) >= 11 is 3.27. The highest BCUT2D eigenvalue weighted by molar-refractivity contribution is 9.10. The molecule has 0 radical (unpaired) electrons. The second-order valence-corrected chi connectivity index (χ2v) is 7.11. The van der Waals surface area contributed by atoms with Gasteiger partial charge in [0.25, 0.3) is 10.0 Å². The number of sulfonamides is 1. The number of rotatable bonds is 4. The molecule has 0 bridgehead atoms. The lowest BCUT2D eigenvalue weighted by molar-refractivity contribution is 0.0691. The van der Waals surface area contributed by atoms with Crippen molar-refractivity contribution in [2.24, 2.45) is 0 Å². The van der Waals surface area contributed by atoms with E-state index in [0.717, 1.165) is 22.7 Å². The topological polar surface area (TPSA) is 83.5 Å². The zero-order chi connectivity index (χ0) is 16.5. The van der Waals surface area contributed by atoms with Gasteiger partial charge in [-0.1, -0.05) is 15.9 Å². The molecule has 2 aromatic rings. The maximum Gasteiger partial charge on any atom is 0.338 e. The third kappa shape index (κ3) is 3.45. The Labute approximate surface area is 135 Å². The lowest BCUT2D eigenvalue weighted by Gasteiger charge is -2.11. The summed E-state index contributed by atoms with van der Waals surface area (Å²) in [5.74, 6) is -2.53. The van der Waals surface area contributed by atoms with E-state index >= 15 is 0 Å². The van der Waals surface area contributed by atoms with E-state index < -0.39 is 27.4 Å². The van der Waals surface area contributed by atoms with Crippen LogP contribution in [0.2, 0.25) is 0 Å². The van der Waals surface area contributed by atoms with Crippen molar-refractivity contribution in [3.05, 3.63) is 57.8 Å². The van der Waals surface area contributed by atoms with E-state index in [1.807, 2.05) is 0 Å². The summed E-state index contributed by atoms with van der Waals surface area (Å²) in [4.78, 5) is 10.6. The summed E-state index contributed by atoms with van der Waals surface area (Å²) in [7, 11) is -4.02. The number of halogens is 2. The summed E-state index contributed by atoms with van der Waals surface area (Å²) in [6.45, 7) is 1.72. The third-order valence-corrected chi connectivity index (χ3v) is 4.77. The highest BCUT2D eigenvalue weighted by atomic mass is 79.9. The van der Waals surface area contributed by atoms with E-state index in [0.29, 0.717) is 11.3 Å². The SMILES string of the molecule is Cc1cc(Br)ccc1NS(=O)(=O)c1ccc(F)c(C(=O)O)c1. The average molecular weight is 388 g/mol. The second-order valence-electron chi connectivity index (χ2n) is 4.51. The second kappa shape index (κ2) is 6.05. The Hall–Kier alpha value is -1.93. The summed E-state index contributed by atoms with van der Waals surface area (Å²) in [6.07, 6.45) is 0. The highest BCUT2D eigenvalue weighted by Crippen LogP contribution is 2.24. The van der Waals surface area contributed by atoms with E-state index in [1.54, 1.807) is 25.1 Å². The quantitative estimate of drug-likeness (QED) is 0.841. The van der Waals surface area contributed by atoms with Crippen LogP contribution in [0.25, 0.3) is 0 Å². The number of carboxylic acid groups (broad SMARTS) is 1. The Morgan fingerprint density at radius 1 is 1.23 bits per heavy atom. The Morgan fingerprint density at radius 2 is 1.91 bits per heavy atom. The van der Waals surface area contributed by atoms with Crippen LogP contribution in [-0.2, 0) is 10.0 Å². The first-order valence-electron chi connectivity index (χ1n) is 6.02. The van der Waals surface area contributed by atoms with Crippen LogP contribution in [0.15, 0.2) is 45.8 Å². The number of aromatic carboxylic acids is 1. The lowest BCUT2D eigenvalue weighted by Crippen LogP contribution is -2.15. The molecule has 8 heteroatoms. The molecule has 0 unspecified atom stereocenters. The van der Waals surface area contributed by atoms with E-state index in [-0.39, 0.29) is 4.90 Å². The summed E-state index contributed by atoms with van der Waals surface area (Å²) < 4.78 is 41.1. The van der Waals surface area contributed by atoms with Crippen molar-refractivity contribution < 1.29 is 22.7 Å². The van der Waals surface area contributed by atoms with Crippen LogP contribution < -0.4 is 4.72 Å². The first-order valence-corrected chi connectivity index (χ1v) is 8.30. The zero-order valence-electron chi connectivity index (χ0n) is 11.3. The van der Waals surface area contributed by atoms with Gasteiger partial charge < -0.3 is 5.11 Å². The van der Waals surface area contributed by atoms with Crippen molar-refractivity contribution in [2.75, 3.05) is 4.72 Å². The molecule has 0 saturated heterocycles. The fraction of sp³-hybridized carbons (Fsp3) is 0.0714. The number of nitrogens with one attached hydrogen (secondary N) is 1. The predicted molar refractivity (Wildman–Crippen MR) is 83.0 cm³/mol. The van der Waals surface area contributed by atoms with Gasteiger partial charge in [0.05, 0.1) is 16.1 Å². The largest absolute Gasteiger partial charge is 0.478 e. The van der Waals surface area contributed by atoms with Gasteiger partial charge in [-0.15, -0.1) is 0 Å². The molecule has 2 aromatic carbocycles. The third-order valence-electron chi connectivity index (χ3n) is 2.91. The summed E-state index contributed by atoms with van der Waals surface area (Å²) in [5.41, 5.74) is 0.332. The Balaban J connectivity index is 2.42. The zero-order valence-corrected chi connectivity index (χ0v) is 13.7. The number of anilines is 1. The van der Waals surface area contributed by atoms with Crippen molar-refractivity contribution >= 4 is 37.6 Å². The van der Waals surface area contributed by atoms with Gasteiger partial charge in [-0.05, 0) is 48.9 Å². The number of aryl methyl sites for hydroxylation is 1. The van der Waals surface area contributed by atoms with Gasteiger partial charge in [0.2, 0.25) is 0 Å². The monoisotopic (exact) mass is 387 g/mol. The van der Waals surface area contributed by atoms with Gasteiger partial charge in [-0.25, -0.2) is 17.6 Å². The van der Waals surface area contributed by atoms with Crippen LogP contribution in [-0.4, -0.2) is 19.5 Å². The van der Waals surface area contributed by atoms with Crippen LogP contribution in [0.5, 0.6) is 0 Å². The molecule has 0 heterocycles. The molecule has 116 valence electrons. The molecule has 0 atom stereocenters. The Kier molecular flexibility index (Phi) is 4.52. The van der Waals surface area contributed by atoms with Crippen LogP contribution in [0.1, 0.15) is 15.9 Å². The number of hydrogen-bond acceptors (Lipinski definition) is 3. The normalized spacial score (nSPS) is 11.2. The van der Waals surface area contributed by atoms with Crippen molar-refractivity contribution in [3.8, 4) is 0 Å². The number of carboxylic acids is 1. The van der Waals surface area contributed by atoms with E-state index in [4.69, 9.17) is 5.11 Å². The van der Waals surface area contributed by atoms with Crippen LogP contribution in [0, 0.1) is 12.7 Å². The van der Waals surface area contributed by atoms with Gasteiger partial charge in [0.15, 0.2) is 0 Å². The fourth-order valence-corrected chi connectivity index (χ4v) is 3.41. The molecule has 0 aromatic heterocycles. The van der Waals surface area contributed by atoms with Crippen molar-refractivity contribution in [2.45, 2.75) is 11.8 Å². The minimum absolute atomic E-state index is 0.325. The first-order chi connectivity index (χ1) is 10.2. The minimum atomic E-state index is -4.02. The average Bonchev–Trinajstić information content (AvgIpc) is 2.42. The standard InChI is InChI=1S/C14H11BrFNO4S/c1-8-6-9(15)2-5-13(8)17-22(20,21)10-3-4-12(16)11(7-10)14(18)19/h2-7,17H,1H3,(H,18,19). The molecule has 0 amide bonds. The fourth-order valence-electron chi connectivity index (χ4n) is 1.78. The lowest BCUT2D eigenvalue weighted by atomic mass is 10.2. The molecule has 2 N–H and O–H groups in total. The van der Waals surface area contributed by atoms with Crippen molar-refractivity contribution in [1.82, 2.24) is 0 Å². The predicted octanol–water partition coefficient (Wildman–Crippen LogP) is 3.40. The van der Waals surface area contributed by atoms with Gasteiger partial charge >= 0.3 is 5.97 Å². The highest BCUT2D eigenvalue weighted by Gasteiger charge is 2.19. The van der Waals surface area contributed by atoms with Gasteiger partial charge in [-0.2, -0.15) is 0 Å². The minimum Gasteiger partial charge on any atom is -0.478 e. The maximum absolute atomic E-state index is 13.3. The van der Waals surface area contributed by atoms with Crippen molar-refractivity contribution in [1.29, 1.82) is 0 Å². The summed E-state index contributed by atoms with van der Waals surface area (Å²) in [5, 5.41) is 8.86. The molecule has 0 spiro atoms. The van der Waals surface area contributed by atoms with Crippen LogP contribution >= 0.6 is 15.9 Å². The van der Waals surface area contributed by atoms with Crippen molar-refractivity contribution in [3.63, 3.8) is 0 Å². The number of hydrogen-bond donors (Lipinski definition) is 2. The Morgan fingerprint density at radius 3 is 2.50 bits per heavy atom. The molecule has 5 nitrogen and oxygen atoms in total. The Bertz CT molecular complexity index is 852. The molecular formula is C14H11BrFNO4S. The smallest absolute Gasteiger partial charge is 0.338 e. The molecule has 0 fully saturated rings. The molecule has 0 aliphatic heterocycles. The molecular weight excluding hydrogens is 377 g/mol. The molecule has 0 aliphatic carbocycles. The van der Waals surface area contributed by atoms with E-state index in [9.17, 15) is 17.6 Å². The van der Waals surface area contributed by atoms with Gasteiger partial charge in [-0.3, -0.25) is 4.72 Å². The molecule has 2 rings (SSSR count). The summed E-state index contributed by atoms with van der Waals surface area (Å²) in [6, 6.07) is 7.57. The van der Waals surface area contributed by atoms with Crippen LogP contribution in [0.4, 0.5) is 10.1 Å². The first kappa shape index (κ1) is 16.4. The van der Waals surface area contributed by atoms with Crippen LogP contribution in [0.3, 0.4) is 0 Å². The van der Waals surface area contributed by atoms with E-state index in [1.165, 1.54) is 0 Å². The van der Waals surface area contributed by atoms with E-state index in [2.05, 4.69) is 20.7 Å². The number of carbonyl (C=O) groups is 1. The molecule has 22 heavy (non-hydrogen) atoms.